The van der Waals surface area contributed by atoms with Gasteiger partial charge in [0, 0.05) is 15.6 Å². The number of hydrogen-bond acceptors (Lipinski definition) is 4. The minimum absolute atomic E-state index is 0.0148. The molecule has 3 heterocycles. The third-order valence-corrected chi connectivity index (χ3v) is 5.81. The number of benzene rings is 1. The Kier molecular flexibility index (Phi) is 3.48. The van der Waals surface area contributed by atoms with Crippen LogP contribution in [0.25, 0.3) is 6.08 Å². The minimum atomic E-state index is -0.636. The molecule has 4 atom stereocenters. The number of ketones is 1. The number of nitrogens with zero attached hydrogens (tertiary/aromatic N) is 1. The van der Waals surface area contributed by atoms with Crippen molar-refractivity contribution in [3.05, 3.63) is 34.3 Å². The lowest BCUT2D eigenvalue weighted by molar-refractivity contribution is -0.132. The van der Waals surface area contributed by atoms with Gasteiger partial charge in [-0.25, -0.2) is 0 Å². The van der Waals surface area contributed by atoms with Crippen LogP contribution in [-0.4, -0.2) is 29.7 Å². The van der Waals surface area contributed by atoms with Gasteiger partial charge in [-0.05, 0) is 23.8 Å². The molecule has 3 aliphatic rings. The van der Waals surface area contributed by atoms with Gasteiger partial charge in [0.15, 0.2) is 5.78 Å². The molecule has 130 valence electrons. The van der Waals surface area contributed by atoms with Crippen molar-refractivity contribution in [1.29, 1.82) is 0 Å². The zero-order chi connectivity index (χ0) is 18.1. The van der Waals surface area contributed by atoms with E-state index in [0.29, 0.717) is 0 Å². The maximum absolute atomic E-state index is 13.2. The van der Waals surface area contributed by atoms with Crippen molar-refractivity contribution in [2.75, 3.05) is 4.90 Å². The second-order valence-corrected chi connectivity index (χ2v) is 8.84. The van der Waals surface area contributed by atoms with Crippen LogP contribution in [0, 0.1) is 17.3 Å². The first-order valence-corrected chi connectivity index (χ1v) is 9.14. The highest BCUT2D eigenvalue weighted by Crippen LogP contribution is 2.48. The van der Waals surface area contributed by atoms with Crippen molar-refractivity contribution in [3.8, 4) is 0 Å². The van der Waals surface area contributed by atoms with Crippen LogP contribution in [0.15, 0.2) is 28.7 Å². The van der Waals surface area contributed by atoms with Gasteiger partial charge in [0.1, 0.15) is 6.04 Å². The van der Waals surface area contributed by atoms with Crippen LogP contribution < -0.4 is 10.2 Å². The van der Waals surface area contributed by atoms with Gasteiger partial charge in [0.2, 0.25) is 11.8 Å². The van der Waals surface area contributed by atoms with Crippen LogP contribution in [0.2, 0.25) is 0 Å². The summed E-state index contributed by atoms with van der Waals surface area (Å²) in [6, 6.07) is 4.94. The van der Waals surface area contributed by atoms with E-state index in [1.165, 1.54) is 0 Å². The monoisotopic (exact) mass is 402 g/mol. The average Bonchev–Trinajstić information content (AvgIpc) is 3.01. The largest absolute Gasteiger partial charge is 0.353 e. The molecular weight excluding hydrogens is 384 g/mol. The molecule has 5 nitrogen and oxygen atoms in total. The number of carbonyl (C=O) groups excluding carboxylic acids is 3. The SMILES string of the molecule is CC(C)(C)C(=O)[C@@H]1[C@@H]2C(=O)NC(=O)[C@@H]2[C@H]2C=Cc3cc(Br)ccc3N21. The summed E-state index contributed by atoms with van der Waals surface area (Å²) in [5, 5.41) is 2.42. The summed E-state index contributed by atoms with van der Waals surface area (Å²) >= 11 is 3.47. The molecule has 0 bridgehead atoms. The number of rotatable bonds is 1. The van der Waals surface area contributed by atoms with Crippen molar-refractivity contribution in [2.24, 2.45) is 17.3 Å². The number of halogens is 1. The summed E-state index contributed by atoms with van der Waals surface area (Å²) in [6.07, 6.45) is 3.92. The van der Waals surface area contributed by atoms with Gasteiger partial charge < -0.3 is 4.90 Å². The van der Waals surface area contributed by atoms with Gasteiger partial charge in [0.05, 0.1) is 17.9 Å². The Hall–Kier alpha value is -1.95. The molecule has 3 aliphatic heterocycles. The maximum Gasteiger partial charge on any atom is 0.233 e. The van der Waals surface area contributed by atoms with E-state index >= 15 is 0 Å². The number of nitrogens with one attached hydrogen (secondary N) is 1. The fourth-order valence-electron chi connectivity index (χ4n) is 4.21. The molecule has 1 N–H and O–H groups in total. The lowest BCUT2D eigenvalue weighted by Gasteiger charge is -2.38. The normalized spacial score (nSPS) is 30.0. The molecule has 0 unspecified atom stereocenters. The summed E-state index contributed by atoms with van der Waals surface area (Å²) in [7, 11) is 0. The second-order valence-electron chi connectivity index (χ2n) is 7.92. The van der Waals surface area contributed by atoms with E-state index in [0.717, 1.165) is 15.7 Å². The average molecular weight is 403 g/mol. The number of amides is 2. The van der Waals surface area contributed by atoms with E-state index in [-0.39, 0.29) is 23.6 Å². The van der Waals surface area contributed by atoms with Crippen LogP contribution >= 0.6 is 15.9 Å². The first kappa shape index (κ1) is 16.5. The van der Waals surface area contributed by atoms with Crippen LogP contribution in [0.3, 0.4) is 0 Å². The molecule has 2 amide bonds. The molecule has 0 aromatic heterocycles. The van der Waals surface area contributed by atoms with Crippen molar-refractivity contribution in [2.45, 2.75) is 32.9 Å². The molecule has 25 heavy (non-hydrogen) atoms. The standard InChI is InChI=1S/C19H19BrN2O3/c1-19(2,3)16(23)15-14-13(17(24)21-18(14)25)12-6-4-9-8-10(20)5-7-11(9)22(12)15/h4-8,12-15H,1-3H3,(H,21,24,25)/t12-,13-,14-,15+/m1/s1. The highest BCUT2D eigenvalue weighted by atomic mass is 79.9. The highest BCUT2D eigenvalue weighted by molar-refractivity contribution is 9.10. The molecule has 0 spiro atoms. The fraction of sp³-hybridized carbons (Fsp3) is 0.421. The van der Waals surface area contributed by atoms with Crippen molar-refractivity contribution >= 4 is 45.3 Å². The van der Waals surface area contributed by atoms with Gasteiger partial charge in [-0.1, -0.05) is 48.9 Å². The zero-order valence-corrected chi connectivity index (χ0v) is 15.8. The van der Waals surface area contributed by atoms with Gasteiger partial charge in [0.25, 0.3) is 0 Å². The Morgan fingerprint density at radius 3 is 2.52 bits per heavy atom. The Labute approximate surface area is 154 Å². The molecule has 2 fully saturated rings. The summed E-state index contributed by atoms with van der Waals surface area (Å²) in [5.41, 5.74) is 1.27. The molecule has 0 aliphatic carbocycles. The predicted octanol–water partition coefficient (Wildman–Crippen LogP) is 2.54. The molecule has 0 saturated carbocycles. The Bertz CT molecular complexity index is 840. The van der Waals surface area contributed by atoms with Crippen LogP contribution in [0.4, 0.5) is 5.69 Å². The smallest absolute Gasteiger partial charge is 0.233 e. The molecule has 6 heteroatoms. The van der Waals surface area contributed by atoms with E-state index in [4.69, 9.17) is 0 Å². The molecule has 0 radical (unpaired) electrons. The van der Waals surface area contributed by atoms with Gasteiger partial charge in [-0.2, -0.15) is 0 Å². The Balaban J connectivity index is 1.90. The van der Waals surface area contributed by atoms with E-state index in [1.807, 2.05) is 56.0 Å². The topological polar surface area (TPSA) is 66.5 Å². The lowest BCUT2D eigenvalue weighted by Crippen LogP contribution is -2.50. The van der Waals surface area contributed by atoms with Crippen molar-refractivity contribution in [1.82, 2.24) is 5.32 Å². The first-order valence-electron chi connectivity index (χ1n) is 8.35. The number of Topliss-reactive ketones (excluding diaryl/α,β-unsaturated/α-hetero) is 1. The Morgan fingerprint density at radius 1 is 1.16 bits per heavy atom. The molecular formula is C19H19BrN2O3. The van der Waals surface area contributed by atoms with Gasteiger partial charge in [-0.15, -0.1) is 0 Å². The van der Waals surface area contributed by atoms with Crippen LogP contribution in [-0.2, 0) is 14.4 Å². The fourth-order valence-corrected chi connectivity index (χ4v) is 4.58. The van der Waals surface area contributed by atoms with Crippen LogP contribution in [0.5, 0.6) is 0 Å². The maximum atomic E-state index is 13.2. The highest BCUT2D eigenvalue weighted by Gasteiger charge is 2.62. The van der Waals surface area contributed by atoms with Crippen molar-refractivity contribution < 1.29 is 14.4 Å². The molecule has 1 aromatic carbocycles. The van der Waals surface area contributed by atoms with E-state index in [1.54, 1.807) is 0 Å². The van der Waals surface area contributed by atoms with Gasteiger partial charge in [-0.3, -0.25) is 19.7 Å². The predicted molar refractivity (Wildman–Crippen MR) is 97.8 cm³/mol. The number of hydrogen-bond donors (Lipinski definition) is 1. The summed E-state index contributed by atoms with van der Waals surface area (Å²) < 4.78 is 0.946. The molecule has 2 saturated heterocycles. The number of imide groups is 1. The minimum Gasteiger partial charge on any atom is -0.353 e. The number of carbonyl (C=O) groups is 3. The van der Waals surface area contributed by atoms with Crippen molar-refractivity contribution in [3.63, 3.8) is 0 Å². The molecule has 4 rings (SSSR count). The second kappa shape index (κ2) is 5.27. The summed E-state index contributed by atoms with van der Waals surface area (Å²) in [6.45, 7) is 5.57. The Morgan fingerprint density at radius 2 is 1.84 bits per heavy atom. The third-order valence-electron chi connectivity index (χ3n) is 5.32. The summed E-state index contributed by atoms with van der Waals surface area (Å²) in [4.78, 5) is 40.1. The van der Waals surface area contributed by atoms with Crippen LogP contribution in [0.1, 0.15) is 26.3 Å². The first-order chi connectivity index (χ1) is 11.7. The van der Waals surface area contributed by atoms with E-state index < -0.39 is 23.3 Å². The van der Waals surface area contributed by atoms with E-state index in [2.05, 4.69) is 21.2 Å². The number of anilines is 1. The quantitative estimate of drug-likeness (QED) is 0.732. The summed E-state index contributed by atoms with van der Waals surface area (Å²) in [5.74, 6) is -1.78. The van der Waals surface area contributed by atoms with Gasteiger partial charge >= 0.3 is 0 Å². The molecule has 1 aromatic rings. The number of fused-ring (bicyclic) bond motifs is 5. The zero-order valence-electron chi connectivity index (χ0n) is 14.2. The third kappa shape index (κ3) is 2.30. The van der Waals surface area contributed by atoms with E-state index in [9.17, 15) is 14.4 Å². The lowest BCUT2D eigenvalue weighted by atomic mass is 9.79.